The summed E-state index contributed by atoms with van der Waals surface area (Å²) in [5.74, 6) is -2.42. The first kappa shape index (κ1) is 13.0. The van der Waals surface area contributed by atoms with Gasteiger partial charge in [-0.15, -0.1) is 12.4 Å². The topological polar surface area (TPSA) is 86.7 Å². The Labute approximate surface area is 86.2 Å². The van der Waals surface area contributed by atoms with Gasteiger partial charge in [0.05, 0.1) is 6.10 Å². The van der Waals surface area contributed by atoms with Gasteiger partial charge in [-0.1, -0.05) is 0 Å². The number of phenols is 2. The van der Waals surface area contributed by atoms with Gasteiger partial charge in [0.2, 0.25) is 0 Å². The van der Waals surface area contributed by atoms with Crippen LogP contribution < -0.4 is 5.73 Å². The zero-order chi connectivity index (χ0) is 10.0. The van der Waals surface area contributed by atoms with E-state index in [0.717, 1.165) is 12.1 Å². The number of aromatic hydroxyl groups is 2. The van der Waals surface area contributed by atoms with E-state index in [4.69, 9.17) is 15.9 Å². The van der Waals surface area contributed by atoms with Crippen LogP contribution in [0.5, 0.6) is 11.5 Å². The summed E-state index contributed by atoms with van der Waals surface area (Å²) in [6.45, 7) is -0.0797. The van der Waals surface area contributed by atoms with E-state index in [1.807, 2.05) is 0 Å². The maximum Gasteiger partial charge on any atom is 0.194 e. The highest BCUT2D eigenvalue weighted by atomic mass is 35.5. The molecule has 4 nitrogen and oxygen atoms in total. The number of phenolic OH excluding ortho intramolecular Hbond substituents is 2. The van der Waals surface area contributed by atoms with Crippen LogP contribution >= 0.6 is 12.4 Å². The SMILES string of the molecule is Cl.NC[C@@H](O)c1cc(O)c(O)c(F)c1. The van der Waals surface area contributed by atoms with E-state index in [0.29, 0.717) is 0 Å². The van der Waals surface area contributed by atoms with Crippen LogP contribution in [0.15, 0.2) is 12.1 Å². The highest BCUT2D eigenvalue weighted by Crippen LogP contribution is 2.30. The summed E-state index contributed by atoms with van der Waals surface area (Å²) >= 11 is 0. The molecule has 0 saturated heterocycles. The van der Waals surface area contributed by atoms with Crippen molar-refractivity contribution in [3.8, 4) is 11.5 Å². The van der Waals surface area contributed by atoms with Crippen molar-refractivity contribution in [1.82, 2.24) is 0 Å². The minimum absolute atomic E-state index is 0. The zero-order valence-corrected chi connectivity index (χ0v) is 7.96. The number of aliphatic hydroxyl groups is 1. The summed E-state index contributed by atoms with van der Waals surface area (Å²) in [7, 11) is 0. The first-order chi connectivity index (χ1) is 6.06. The van der Waals surface area contributed by atoms with Crippen LogP contribution in [-0.4, -0.2) is 21.9 Å². The van der Waals surface area contributed by atoms with Gasteiger partial charge >= 0.3 is 0 Å². The van der Waals surface area contributed by atoms with E-state index >= 15 is 0 Å². The van der Waals surface area contributed by atoms with Crippen molar-refractivity contribution in [3.63, 3.8) is 0 Å². The quantitative estimate of drug-likeness (QED) is 0.555. The molecule has 0 fully saturated rings. The van der Waals surface area contributed by atoms with Crippen molar-refractivity contribution in [2.75, 3.05) is 6.54 Å². The second kappa shape index (κ2) is 4.99. The standard InChI is InChI=1S/C8H10FNO3.ClH/c9-5-1-4(7(12)3-10)2-6(11)8(5)13;/h1-2,7,11-13H,3,10H2;1H/t7-;/m1./s1. The highest BCUT2D eigenvalue weighted by Gasteiger charge is 2.12. The Morgan fingerprint density at radius 2 is 1.93 bits per heavy atom. The van der Waals surface area contributed by atoms with E-state index < -0.39 is 23.4 Å². The number of benzene rings is 1. The van der Waals surface area contributed by atoms with Gasteiger partial charge in [-0.2, -0.15) is 0 Å². The molecule has 0 heterocycles. The maximum atomic E-state index is 12.8. The fraction of sp³-hybridized carbons (Fsp3) is 0.250. The molecule has 0 radical (unpaired) electrons. The second-order valence-corrected chi connectivity index (χ2v) is 2.62. The maximum absolute atomic E-state index is 12.8. The predicted molar refractivity (Wildman–Crippen MR) is 51.0 cm³/mol. The van der Waals surface area contributed by atoms with Crippen molar-refractivity contribution in [3.05, 3.63) is 23.5 Å². The molecule has 6 heteroatoms. The summed E-state index contributed by atoms with van der Waals surface area (Å²) < 4.78 is 12.8. The third-order valence-corrected chi connectivity index (χ3v) is 1.67. The molecule has 0 aliphatic carbocycles. The molecule has 0 spiro atoms. The van der Waals surface area contributed by atoms with Crippen LogP contribution in [0.1, 0.15) is 11.7 Å². The average Bonchev–Trinajstić information content (AvgIpc) is 2.12. The van der Waals surface area contributed by atoms with Crippen LogP contribution in [-0.2, 0) is 0 Å². The van der Waals surface area contributed by atoms with Gasteiger partial charge in [0.15, 0.2) is 17.3 Å². The summed E-state index contributed by atoms with van der Waals surface area (Å²) in [5.41, 5.74) is 5.26. The van der Waals surface area contributed by atoms with Crippen molar-refractivity contribution < 1.29 is 19.7 Å². The van der Waals surface area contributed by atoms with Gasteiger partial charge in [-0.3, -0.25) is 0 Å². The zero-order valence-electron chi connectivity index (χ0n) is 7.14. The van der Waals surface area contributed by atoms with Crippen molar-refractivity contribution >= 4 is 12.4 Å². The lowest BCUT2D eigenvalue weighted by Crippen LogP contribution is -2.11. The molecule has 0 saturated carbocycles. The first-order valence-corrected chi connectivity index (χ1v) is 3.65. The third-order valence-electron chi connectivity index (χ3n) is 1.67. The fourth-order valence-electron chi connectivity index (χ4n) is 0.933. The predicted octanol–water partition coefficient (Wildman–Crippen LogP) is 0.651. The molecule has 1 rings (SSSR count). The number of hydrogen-bond acceptors (Lipinski definition) is 4. The van der Waals surface area contributed by atoms with Crippen molar-refractivity contribution in [2.45, 2.75) is 6.10 Å². The summed E-state index contributed by atoms with van der Waals surface area (Å²) in [4.78, 5) is 0. The smallest absolute Gasteiger partial charge is 0.194 e. The first-order valence-electron chi connectivity index (χ1n) is 3.65. The van der Waals surface area contributed by atoms with Gasteiger partial charge in [0.25, 0.3) is 0 Å². The molecule has 0 aliphatic rings. The second-order valence-electron chi connectivity index (χ2n) is 2.62. The van der Waals surface area contributed by atoms with Gasteiger partial charge in [-0.05, 0) is 17.7 Å². The Balaban J connectivity index is 0.00000169. The van der Waals surface area contributed by atoms with Crippen LogP contribution in [0, 0.1) is 5.82 Å². The van der Waals surface area contributed by atoms with Gasteiger partial charge in [0.1, 0.15) is 0 Å². The largest absolute Gasteiger partial charge is 0.504 e. The number of hydrogen-bond donors (Lipinski definition) is 4. The number of aliphatic hydroxyl groups excluding tert-OH is 1. The molecule has 14 heavy (non-hydrogen) atoms. The normalized spacial score (nSPS) is 11.9. The third kappa shape index (κ3) is 2.47. The Hall–Kier alpha value is -1.04. The summed E-state index contributed by atoms with van der Waals surface area (Å²) in [6, 6.07) is 1.99. The Morgan fingerprint density at radius 1 is 1.36 bits per heavy atom. The minimum atomic E-state index is -1.04. The van der Waals surface area contributed by atoms with Crippen LogP contribution in [0.2, 0.25) is 0 Å². The fourth-order valence-corrected chi connectivity index (χ4v) is 0.933. The lowest BCUT2D eigenvalue weighted by atomic mass is 10.1. The molecular weight excluding hydrogens is 213 g/mol. The molecule has 0 bridgehead atoms. The van der Waals surface area contributed by atoms with Crippen LogP contribution in [0.3, 0.4) is 0 Å². The molecular formula is C8H11ClFNO3. The molecule has 1 aromatic rings. The number of halogens is 2. The van der Waals surface area contributed by atoms with Crippen molar-refractivity contribution in [1.29, 1.82) is 0 Å². The lowest BCUT2D eigenvalue weighted by Gasteiger charge is -2.09. The van der Waals surface area contributed by atoms with E-state index in [-0.39, 0.29) is 24.5 Å². The van der Waals surface area contributed by atoms with Gasteiger partial charge < -0.3 is 21.1 Å². The van der Waals surface area contributed by atoms with E-state index in [1.165, 1.54) is 0 Å². The highest BCUT2D eigenvalue weighted by molar-refractivity contribution is 5.85. The molecule has 0 unspecified atom stereocenters. The van der Waals surface area contributed by atoms with E-state index in [2.05, 4.69) is 0 Å². The number of rotatable bonds is 2. The Kier molecular flexibility index (Phi) is 4.62. The van der Waals surface area contributed by atoms with Gasteiger partial charge in [-0.25, -0.2) is 4.39 Å². The monoisotopic (exact) mass is 223 g/mol. The molecule has 0 aromatic heterocycles. The Morgan fingerprint density at radius 3 is 2.36 bits per heavy atom. The van der Waals surface area contributed by atoms with Crippen LogP contribution in [0.25, 0.3) is 0 Å². The summed E-state index contributed by atoms with van der Waals surface area (Å²) in [6.07, 6.45) is -1.04. The summed E-state index contributed by atoms with van der Waals surface area (Å²) in [5, 5.41) is 27.0. The van der Waals surface area contributed by atoms with E-state index in [1.54, 1.807) is 0 Å². The molecule has 0 aliphatic heterocycles. The van der Waals surface area contributed by atoms with Gasteiger partial charge in [0, 0.05) is 6.54 Å². The van der Waals surface area contributed by atoms with E-state index in [9.17, 15) is 9.50 Å². The molecule has 5 N–H and O–H groups in total. The minimum Gasteiger partial charge on any atom is -0.504 e. The number of nitrogens with two attached hydrogens (primary N) is 1. The molecule has 1 aromatic carbocycles. The molecule has 80 valence electrons. The lowest BCUT2D eigenvalue weighted by molar-refractivity contribution is 0.185. The average molecular weight is 224 g/mol. The molecule has 1 atom stereocenters. The van der Waals surface area contributed by atoms with Crippen molar-refractivity contribution in [2.24, 2.45) is 5.73 Å². The Bertz CT molecular complexity index is 298. The van der Waals surface area contributed by atoms with Crippen LogP contribution in [0.4, 0.5) is 4.39 Å². The molecule has 0 amide bonds.